The third-order valence-corrected chi connectivity index (χ3v) is 106. The number of hydrogen-bond acceptors (Lipinski definition) is 2. The topological polar surface area (TPSA) is 60.4 Å². The van der Waals surface area contributed by atoms with Gasteiger partial charge in [0, 0.05) is 0 Å². The molecule has 0 saturated carbocycles. The van der Waals surface area contributed by atoms with Gasteiger partial charge < -0.3 is 9.11 Å². The van der Waals surface area contributed by atoms with E-state index in [4.69, 9.17) is 13.3 Å². The van der Waals surface area contributed by atoms with Crippen LogP contribution in [0.25, 0.3) is 0 Å². The lowest BCUT2D eigenvalue weighted by atomic mass is 10.0. The van der Waals surface area contributed by atoms with E-state index in [9.17, 15) is 0 Å². The van der Waals surface area contributed by atoms with Gasteiger partial charge in [0.05, 0.1) is 11.4 Å². The van der Waals surface area contributed by atoms with Crippen molar-refractivity contribution < 1.29 is 13.3 Å². The summed E-state index contributed by atoms with van der Waals surface area (Å²) in [6.07, 6.45) is 0. The maximum absolute atomic E-state index is 8.56. The molecule has 3 nitrogen and oxygen atoms in total. The lowest BCUT2D eigenvalue weighted by Gasteiger charge is -2.63. The molecule has 0 bridgehead atoms. The molecular weight excluding hydrogens is 4020 g/mol. The summed E-state index contributed by atoms with van der Waals surface area (Å²) in [5.41, 5.74) is 0. The molecule has 0 amide bonds. The Morgan fingerprint density at radius 2 is 0.222 bits per heavy atom. The Morgan fingerprint density at radius 1 is 0.181 bits per heavy atom. The molecule has 0 fully saturated rings. The van der Waals surface area contributed by atoms with Gasteiger partial charge in [0.1, 0.15) is 64.7 Å². The van der Waals surface area contributed by atoms with Gasteiger partial charge in [0.25, 0.3) is 0 Å². The van der Waals surface area contributed by atoms with Gasteiger partial charge in [-0.3, -0.25) is 0 Å². The lowest BCUT2D eigenvalue weighted by molar-refractivity contribution is 0.436. The Labute approximate surface area is 805 Å². The Balaban J connectivity index is 0. The van der Waals surface area contributed by atoms with Crippen LogP contribution in [0.15, 0.2) is 0 Å². The molecule has 0 aliphatic rings. The van der Waals surface area contributed by atoms with Crippen molar-refractivity contribution in [2.75, 3.05) is 0 Å². The summed E-state index contributed by atoms with van der Waals surface area (Å²) in [4.78, 5) is 0. The molecule has 436 valence electrons. The normalized spacial score (nSPS) is 17.4. The highest BCUT2D eigenvalue weighted by Crippen LogP contribution is 2.85. The van der Waals surface area contributed by atoms with E-state index < -0.39 is 80.3 Å². The summed E-state index contributed by atoms with van der Waals surface area (Å²) >= 11 is 179. The Morgan fingerprint density at radius 3 is 0.264 bits per heavy atom. The van der Waals surface area contributed by atoms with Crippen LogP contribution in [0.1, 0.15) is 0 Å². The summed E-state index contributed by atoms with van der Waals surface area (Å²) in [6, 6.07) is 0. The number of rotatable bonds is 19. The van der Waals surface area contributed by atoms with E-state index in [2.05, 4.69) is 733 Å². The van der Waals surface area contributed by atoms with Crippen molar-refractivity contribution in [2.45, 2.75) is 69.0 Å². The molecule has 1 unspecified atom stereocenters. The van der Waals surface area contributed by atoms with E-state index in [-0.39, 0.29) is 0 Å². The second-order valence-corrected chi connectivity index (χ2v) is 95.5. The van der Waals surface area contributed by atoms with Gasteiger partial charge in [0.15, 0.2) is 4.29 Å². The van der Waals surface area contributed by atoms with Crippen molar-refractivity contribution in [3.8, 4) is 0 Å². The highest BCUT2D eigenvalue weighted by Gasteiger charge is 2.86. The monoisotopic (exact) mass is 3980 g/mol. The van der Waals surface area contributed by atoms with Crippen LogP contribution >= 0.6 is 733 Å². The summed E-state index contributed by atoms with van der Waals surface area (Å²) in [6.45, 7) is 0. The largest absolute Gasteiger partial charge is 0.750 e. The number of alkyl halides is 46. The maximum Gasteiger partial charge on any atom is 0.162 e. The van der Waals surface area contributed by atoms with Crippen molar-refractivity contribution in [2.24, 2.45) is 0 Å². The molecule has 0 aromatic carbocycles. The van der Waals surface area contributed by atoms with Crippen LogP contribution in [0.4, 0.5) is 0 Å². The first kappa shape index (κ1) is 96.2. The number of hydrogen-bond donors (Lipinski definition) is 1. The zero-order valence-electron chi connectivity index (χ0n) is 30.1. The molecule has 0 aliphatic carbocycles. The Kier molecular flexibility index (Phi) is 42.8. The third kappa shape index (κ3) is 17.2. The molecule has 50 heteroatoms. The molecule has 1 N–H and O–H groups in total. The fourth-order valence-corrected chi connectivity index (χ4v) is 50.6. The molecule has 0 rings (SSSR count). The average molecular weight is 4020 g/mol. The predicted octanol–water partition coefficient (Wildman–Crippen LogP) is 33.7. The van der Waals surface area contributed by atoms with E-state index in [1.54, 1.807) is 0 Å². The van der Waals surface area contributed by atoms with Gasteiger partial charge in [0.2, 0.25) is 0 Å². The molecule has 0 aliphatic heterocycles. The van der Waals surface area contributed by atoms with Crippen LogP contribution in [0.5, 0.6) is 0 Å². The molecule has 0 heterocycles. The van der Waals surface area contributed by atoms with Crippen LogP contribution in [0.2, 0.25) is 0 Å². The summed E-state index contributed by atoms with van der Waals surface area (Å²) in [7, 11) is 0. The predicted molar refractivity (Wildman–Crippen MR) is 482 cm³/mol. The van der Waals surface area contributed by atoms with Gasteiger partial charge in [-0.25, -0.2) is 4.21 Å². The van der Waals surface area contributed by atoms with Crippen LogP contribution in [-0.4, -0.2) is 82.3 Å². The van der Waals surface area contributed by atoms with Crippen LogP contribution in [0.3, 0.4) is 0 Å². The fourth-order valence-electron chi connectivity index (χ4n) is 3.91. The van der Waals surface area contributed by atoms with Gasteiger partial charge in [-0.15, -0.1) is 0 Å². The van der Waals surface area contributed by atoms with Crippen molar-refractivity contribution in [1.82, 2.24) is 0 Å². The van der Waals surface area contributed by atoms with Gasteiger partial charge in [-0.2, -0.15) is 0 Å². The van der Waals surface area contributed by atoms with E-state index >= 15 is 0 Å². The first-order chi connectivity index (χ1) is 30.0. The Hall–Kier alpha value is 22.2. The molecule has 0 spiro atoms. The summed E-state index contributed by atoms with van der Waals surface area (Å²) in [5.74, 6) is 0. The molecular formula is C22HBr46O3S-. The quantitative estimate of drug-likeness (QED) is 0.104. The second-order valence-electron chi connectivity index (χ2n) is 12.7. The van der Waals surface area contributed by atoms with Gasteiger partial charge in [-0.1, -0.05) is 733 Å². The summed E-state index contributed by atoms with van der Waals surface area (Å²) < 4.78 is -4.06. The standard InChI is InChI=1S/C22Br46.H2O3S/c23-1(24,3(27,28)5(31,32)7(35,36)9(39,40)11(43,44)13(47,48)15(51,52)17(55,56)19(59,60)21(63,64)65)2(25,26)4(29,30)6(33,34)8(37,38)10(41,42)12(45,46)14(49,50)16(53,54)18(57,58)20(61,62)22(66,67)68;1-4(2)3/h;(H2,1,2,3)/p-1. The molecule has 0 aromatic rings. The zero-order chi connectivity index (χ0) is 60.6. The minimum Gasteiger partial charge on any atom is -0.750 e. The smallest absolute Gasteiger partial charge is 0.162 e. The van der Waals surface area contributed by atoms with E-state index in [0.29, 0.717) is 0 Å². The van der Waals surface area contributed by atoms with Crippen molar-refractivity contribution in [3.63, 3.8) is 0 Å². The maximum atomic E-state index is 8.56. The molecule has 0 aromatic heterocycles. The highest BCUT2D eigenvalue weighted by atomic mass is 80.0. The minimum absolute atomic E-state index is 0.935. The molecule has 0 radical (unpaired) electrons. The number of halogens is 46. The average Bonchev–Trinajstić information content (AvgIpc) is 3.11. The van der Waals surface area contributed by atoms with E-state index in [0.717, 1.165) is 0 Å². The minimum atomic E-state index is -2.86. The Bertz CT molecular complexity index is 1810. The molecule has 0 saturated heterocycles. The van der Waals surface area contributed by atoms with Crippen LogP contribution in [-0.2, 0) is 11.4 Å². The molecule has 72 heavy (non-hydrogen) atoms. The van der Waals surface area contributed by atoms with E-state index in [1.165, 1.54) is 0 Å². The SMILES string of the molecule is BrC(Br)(Br)C(Br)(Br)C(Br)(Br)C(Br)(Br)C(Br)(Br)C(Br)(Br)C(Br)(Br)C(Br)(Br)C(Br)(Br)C(Br)(Br)C(Br)(Br)C(Br)(Br)C(Br)(Br)C(Br)(Br)C(Br)(Br)C(Br)(Br)C(Br)(Br)C(Br)(Br)C(Br)(Br)C(Br)(Br)C(Br)(Br)C(Br)(Br)Br.O=S([O-])O. The zero-order valence-corrected chi connectivity index (χ0v) is 104. The van der Waals surface area contributed by atoms with Crippen molar-refractivity contribution >= 4 is 744 Å². The summed E-state index contributed by atoms with van der Waals surface area (Å²) in [5, 5.41) is 0. The highest BCUT2D eigenvalue weighted by molar-refractivity contribution is 9.44. The van der Waals surface area contributed by atoms with Crippen LogP contribution in [0, 0.1) is 0 Å². The first-order valence-corrected chi connectivity index (χ1v) is 52.0. The van der Waals surface area contributed by atoms with Crippen molar-refractivity contribution in [3.05, 3.63) is 0 Å². The fraction of sp³-hybridized carbons (Fsp3) is 1.00. The lowest BCUT2D eigenvalue weighted by Crippen LogP contribution is -2.74. The second kappa shape index (κ2) is 32.0. The van der Waals surface area contributed by atoms with Gasteiger partial charge in [-0.05, 0) is 0 Å². The van der Waals surface area contributed by atoms with E-state index in [1.807, 2.05) is 0 Å². The molecule has 1 atom stereocenters. The first-order valence-electron chi connectivity index (χ1n) is 14.5. The van der Waals surface area contributed by atoms with Crippen LogP contribution < -0.4 is 0 Å². The van der Waals surface area contributed by atoms with Gasteiger partial charge >= 0.3 is 0 Å². The third-order valence-electron chi connectivity index (χ3n) is 8.20. The van der Waals surface area contributed by atoms with Crippen molar-refractivity contribution in [1.29, 1.82) is 0 Å².